The first-order valence-electron chi connectivity index (χ1n) is 4.91. The van der Waals surface area contributed by atoms with E-state index < -0.39 is 0 Å². The normalized spacial score (nSPS) is 17.1. The number of nitrogens with two attached hydrogens (primary N) is 1. The van der Waals surface area contributed by atoms with E-state index in [9.17, 15) is 0 Å². The second-order valence-corrected chi connectivity index (χ2v) is 3.69. The van der Waals surface area contributed by atoms with Crippen molar-refractivity contribution in [3.05, 3.63) is 0 Å². The van der Waals surface area contributed by atoms with Crippen LogP contribution < -0.4 is 11.1 Å². The number of rotatable bonds is 6. The van der Waals surface area contributed by atoms with Crippen LogP contribution in [0, 0.1) is 5.92 Å². The fourth-order valence-corrected chi connectivity index (χ4v) is 1.20. The topological polar surface area (TPSA) is 90.9 Å². The van der Waals surface area contributed by atoms with Gasteiger partial charge in [0.15, 0.2) is 5.84 Å². The zero-order valence-electron chi connectivity index (χ0n) is 9.07. The predicted octanol–water partition coefficient (Wildman–Crippen LogP) is 0.118. The zero-order chi connectivity index (χ0) is 11.1. The molecule has 0 saturated carbocycles. The Morgan fingerprint density at radius 3 is 2.36 bits per heavy atom. The van der Waals surface area contributed by atoms with Gasteiger partial charge in [0.2, 0.25) is 0 Å². The lowest BCUT2D eigenvalue weighted by Gasteiger charge is -2.25. The Hall–Kier alpha value is -0.810. The third-order valence-electron chi connectivity index (χ3n) is 2.30. The van der Waals surface area contributed by atoms with Crippen LogP contribution in [0.3, 0.4) is 0 Å². The molecule has 14 heavy (non-hydrogen) atoms. The summed E-state index contributed by atoms with van der Waals surface area (Å²) >= 11 is 0. The first-order chi connectivity index (χ1) is 6.56. The van der Waals surface area contributed by atoms with E-state index in [2.05, 4.69) is 10.5 Å². The second kappa shape index (κ2) is 6.62. The summed E-state index contributed by atoms with van der Waals surface area (Å²) in [6.07, 6.45) is 0.721. The summed E-state index contributed by atoms with van der Waals surface area (Å²) in [4.78, 5) is 0. The molecule has 0 spiro atoms. The number of nitrogens with one attached hydrogen (secondary N) is 1. The molecular formula is C9H21N3O2. The van der Waals surface area contributed by atoms with Gasteiger partial charge in [-0.1, -0.05) is 25.9 Å². The summed E-state index contributed by atoms with van der Waals surface area (Å²) in [5, 5.41) is 23.7. The lowest BCUT2D eigenvalue weighted by molar-refractivity contribution is 0.205. The molecule has 0 heterocycles. The summed E-state index contributed by atoms with van der Waals surface area (Å²) in [5.74, 6) is 0.465. The standard InChI is InChI=1S/C9H21N3O2/c1-4-7(9(10)12-14)11-8(5-13)6(2)3/h6-8,11,13-14H,4-5H2,1-3H3,(H2,10,12)/t7?,8-/m1/s1. The number of amidine groups is 1. The average molecular weight is 203 g/mol. The molecule has 0 aromatic carbocycles. The van der Waals surface area contributed by atoms with E-state index in [-0.39, 0.29) is 24.5 Å². The number of oxime groups is 1. The van der Waals surface area contributed by atoms with Crippen molar-refractivity contribution in [2.45, 2.75) is 39.3 Å². The van der Waals surface area contributed by atoms with Gasteiger partial charge in [-0.05, 0) is 12.3 Å². The fraction of sp³-hybridized carbons (Fsp3) is 0.889. The number of hydrogen-bond acceptors (Lipinski definition) is 4. The Kier molecular flexibility index (Phi) is 6.23. The minimum atomic E-state index is -0.181. The first kappa shape index (κ1) is 13.2. The Bertz CT molecular complexity index is 183. The Morgan fingerprint density at radius 1 is 1.50 bits per heavy atom. The van der Waals surface area contributed by atoms with Crippen molar-refractivity contribution in [3.63, 3.8) is 0 Å². The summed E-state index contributed by atoms with van der Waals surface area (Å²) < 4.78 is 0. The third-order valence-corrected chi connectivity index (χ3v) is 2.30. The Balaban J connectivity index is 4.28. The molecule has 0 aromatic rings. The second-order valence-electron chi connectivity index (χ2n) is 3.69. The fourth-order valence-electron chi connectivity index (χ4n) is 1.20. The first-order valence-corrected chi connectivity index (χ1v) is 4.91. The molecule has 5 heteroatoms. The van der Waals surface area contributed by atoms with Crippen molar-refractivity contribution >= 4 is 5.84 Å². The van der Waals surface area contributed by atoms with E-state index in [0.717, 1.165) is 6.42 Å². The molecule has 0 aliphatic heterocycles. The summed E-state index contributed by atoms with van der Waals surface area (Å²) in [5.41, 5.74) is 5.49. The maximum absolute atomic E-state index is 9.09. The highest BCUT2D eigenvalue weighted by Gasteiger charge is 2.18. The van der Waals surface area contributed by atoms with E-state index in [4.69, 9.17) is 16.0 Å². The van der Waals surface area contributed by atoms with Gasteiger partial charge in [-0.25, -0.2) is 0 Å². The van der Waals surface area contributed by atoms with Crippen LogP contribution in [-0.2, 0) is 0 Å². The molecule has 0 saturated heterocycles. The molecule has 0 aromatic heterocycles. The molecule has 5 nitrogen and oxygen atoms in total. The van der Waals surface area contributed by atoms with Crippen molar-refractivity contribution in [3.8, 4) is 0 Å². The molecule has 0 amide bonds. The van der Waals surface area contributed by atoms with E-state index >= 15 is 0 Å². The molecule has 2 atom stereocenters. The maximum atomic E-state index is 9.09. The third kappa shape index (κ3) is 3.93. The van der Waals surface area contributed by atoms with Crippen molar-refractivity contribution in [1.82, 2.24) is 5.32 Å². The quantitative estimate of drug-likeness (QED) is 0.213. The molecule has 1 unspecified atom stereocenters. The highest BCUT2D eigenvalue weighted by atomic mass is 16.4. The molecule has 0 rings (SSSR count). The SMILES string of the molecule is CCC(N[C@H](CO)C(C)C)C(N)=NO. The van der Waals surface area contributed by atoms with E-state index in [1.54, 1.807) is 0 Å². The molecule has 0 fully saturated rings. The molecule has 0 radical (unpaired) electrons. The predicted molar refractivity (Wildman–Crippen MR) is 56.3 cm³/mol. The number of nitrogens with zero attached hydrogens (tertiary/aromatic N) is 1. The Labute approximate surface area is 85.0 Å². The van der Waals surface area contributed by atoms with Crippen LogP contribution in [0.2, 0.25) is 0 Å². The van der Waals surface area contributed by atoms with Gasteiger partial charge in [-0.3, -0.25) is 0 Å². The Morgan fingerprint density at radius 2 is 2.07 bits per heavy atom. The van der Waals surface area contributed by atoms with Crippen molar-refractivity contribution in [2.24, 2.45) is 16.8 Å². The van der Waals surface area contributed by atoms with Gasteiger partial charge in [0.25, 0.3) is 0 Å². The average Bonchev–Trinajstić information content (AvgIpc) is 2.18. The maximum Gasteiger partial charge on any atom is 0.156 e. The number of aliphatic hydroxyl groups is 1. The van der Waals surface area contributed by atoms with Crippen molar-refractivity contribution in [2.75, 3.05) is 6.61 Å². The summed E-state index contributed by atoms with van der Waals surface area (Å²) in [7, 11) is 0. The van der Waals surface area contributed by atoms with Crippen LogP contribution in [0.15, 0.2) is 5.16 Å². The largest absolute Gasteiger partial charge is 0.409 e. The van der Waals surface area contributed by atoms with Gasteiger partial charge < -0.3 is 21.4 Å². The minimum absolute atomic E-state index is 0.0275. The van der Waals surface area contributed by atoms with Gasteiger partial charge in [0.1, 0.15) is 0 Å². The number of aliphatic hydroxyl groups excluding tert-OH is 1. The van der Waals surface area contributed by atoms with Crippen molar-refractivity contribution in [1.29, 1.82) is 0 Å². The van der Waals surface area contributed by atoms with Gasteiger partial charge in [-0.2, -0.15) is 0 Å². The van der Waals surface area contributed by atoms with Gasteiger partial charge in [0.05, 0.1) is 12.6 Å². The van der Waals surface area contributed by atoms with Gasteiger partial charge >= 0.3 is 0 Å². The lowest BCUT2D eigenvalue weighted by Crippen LogP contribution is -2.49. The number of hydrogen-bond donors (Lipinski definition) is 4. The molecule has 0 aliphatic rings. The van der Waals surface area contributed by atoms with Crippen LogP contribution >= 0.6 is 0 Å². The minimum Gasteiger partial charge on any atom is -0.409 e. The van der Waals surface area contributed by atoms with Gasteiger partial charge in [-0.15, -0.1) is 0 Å². The van der Waals surface area contributed by atoms with Gasteiger partial charge in [0, 0.05) is 6.04 Å². The van der Waals surface area contributed by atoms with Crippen LogP contribution in [-0.4, -0.2) is 34.8 Å². The van der Waals surface area contributed by atoms with E-state index in [1.165, 1.54) is 0 Å². The van der Waals surface area contributed by atoms with E-state index in [0.29, 0.717) is 5.92 Å². The highest BCUT2D eigenvalue weighted by Crippen LogP contribution is 2.03. The lowest BCUT2D eigenvalue weighted by atomic mass is 10.0. The molecule has 84 valence electrons. The highest BCUT2D eigenvalue weighted by molar-refractivity contribution is 5.85. The van der Waals surface area contributed by atoms with Crippen molar-refractivity contribution < 1.29 is 10.3 Å². The smallest absolute Gasteiger partial charge is 0.156 e. The molecule has 0 bridgehead atoms. The zero-order valence-corrected chi connectivity index (χ0v) is 9.07. The van der Waals surface area contributed by atoms with Crippen LogP contribution in [0.4, 0.5) is 0 Å². The molecule has 0 aliphatic carbocycles. The monoisotopic (exact) mass is 203 g/mol. The van der Waals surface area contributed by atoms with Crippen LogP contribution in [0.25, 0.3) is 0 Å². The van der Waals surface area contributed by atoms with Crippen LogP contribution in [0.1, 0.15) is 27.2 Å². The summed E-state index contributed by atoms with van der Waals surface area (Å²) in [6.45, 7) is 6.00. The molecular weight excluding hydrogens is 182 g/mol. The van der Waals surface area contributed by atoms with E-state index in [1.807, 2.05) is 20.8 Å². The summed E-state index contributed by atoms with van der Waals surface area (Å²) in [6, 6.07) is -0.209. The van der Waals surface area contributed by atoms with Crippen LogP contribution in [0.5, 0.6) is 0 Å². The molecule has 5 N–H and O–H groups in total.